The topological polar surface area (TPSA) is 74.3 Å². The van der Waals surface area contributed by atoms with E-state index < -0.39 is 23.5 Å². The van der Waals surface area contributed by atoms with E-state index in [1.54, 1.807) is 41.5 Å². The molecule has 0 aliphatic rings. The van der Waals surface area contributed by atoms with Crippen molar-refractivity contribution in [1.82, 2.24) is 4.90 Å². The third-order valence-electron chi connectivity index (χ3n) is 2.16. The first-order valence-corrected chi connectivity index (χ1v) is 7.29. The lowest BCUT2D eigenvalue weighted by Crippen LogP contribution is -2.31. The SMILES string of the molecule is CN(CCOC(=O)OC(C)(C)C)CCOC(=O)OC(C)(C)C. The van der Waals surface area contributed by atoms with Crippen LogP contribution in [0.25, 0.3) is 0 Å². The van der Waals surface area contributed by atoms with Crippen LogP contribution in [-0.4, -0.2) is 61.8 Å². The largest absolute Gasteiger partial charge is 0.508 e. The van der Waals surface area contributed by atoms with Crippen LogP contribution in [0.4, 0.5) is 9.59 Å². The van der Waals surface area contributed by atoms with Crippen LogP contribution in [0.2, 0.25) is 0 Å². The lowest BCUT2D eigenvalue weighted by Gasteiger charge is -2.21. The van der Waals surface area contributed by atoms with Crippen molar-refractivity contribution >= 4 is 12.3 Å². The van der Waals surface area contributed by atoms with Crippen LogP contribution in [0.1, 0.15) is 41.5 Å². The Morgan fingerprint density at radius 2 is 1.09 bits per heavy atom. The molecule has 7 nitrogen and oxygen atoms in total. The predicted octanol–water partition coefficient (Wildman–Crippen LogP) is 2.82. The van der Waals surface area contributed by atoms with Gasteiger partial charge in [0.15, 0.2) is 0 Å². The van der Waals surface area contributed by atoms with Crippen molar-refractivity contribution in [3.8, 4) is 0 Å². The summed E-state index contributed by atoms with van der Waals surface area (Å²) in [6, 6.07) is 0. The second-order valence-corrected chi connectivity index (χ2v) is 6.93. The van der Waals surface area contributed by atoms with E-state index in [1.807, 2.05) is 11.9 Å². The molecular formula is C15H29NO6. The third-order valence-corrected chi connectivity index (χ3v) is 2.16. The standard InChI is InChI=1S/C15H29NO6/c1-14(2,3)21-12(17)19-10-8-16(7)9-11-20-13(18)22-15(4,5)6/h8-11H2,1-7H3. The Kier molecular flexibility index (Phi) is 8.22. The molecule has 0 radical (unpaired) electrons. The van der Waals surface area contributed by atoms with Crippen molar-refractivity contribution in [2.45, 2.75) is 52.7 Å². The summed E-state index contributed by atoms with van der Waals surface area (Å²) in [5.74, 6) is 0. The monoisotopic (exact) mass is 319 g/mol. The van der Waals surface area contributed by atoms with E-state index in [-0.39, 0.29) is 13.2 Å². The maximum atomic E-state index is 11.3. The van der Waals surface area contributed by atoms with Gasteiger partial charge < -0.3 is 18.9 Å². The highest BCUT2D eigenvalue weighted by molar-refractivity contribution is 5.60. The van der Waals surface area contributed by atoms with Crippen LogP contribution in [0.15, 0.2) is 0 Å². The van der Waals surface area contributed by atoms with E-state index in [9.17, 15) is 9.59 Å². The molecule has 0 rings (SSSR count). The van der Waals surface area contributed by atoms with Crippen molar-refractivity contribution < 1.29 is 28.5 Å². The summed E-state index contributed by atoms with van der Waals surface area (Å²) in [5.41, 5.74) is -1.13. The molecule has 0 aromatic carbocycles. The maximum Gasteiger partial charge on any atom is 0.508 e. The van der Waals surface area contributed by atoms with Gasteiger partial charge in [0.05, 0.1) is 0 Å². The number of likely N-dealkylation sites (N-methyl/N-ethyl adjacent to an activating group) is 1. The molecule has 0 saturated carbocycles. The Balaban J connectivity index is 3.73. The average Bonchev–Trinajstić information content (AvgIpc) is 2.23. The van der Waals surface area contributed by atoms with Gasteiger partial charge in [0.1, 0.15) is 24.4 Å². The lowest BCUT2D eigenvalue weighted by molar-refractivity contribution is -0.0137. The first kappa shape index (κ1) is 20.5. The fourth-order valence-corrected chi connectivity index (χ4v) is 1.24. The molecule has 22 heavy (non-hydrogen) atoms. The van der Waals surface area contributed by atoms with Crippen LogP contribution >= 0.6 is 0 Å². The molecule has 0 aromatic heterocycles. The first-order valence-electron chi connectivity index (χ1n) is 7.29. The number of carbonyl (C=O) groups is 2. The lowest BCUT2D eigenvalue weighted by atomic mass is 10.2. The number of hydrogen-bond donors (Lipinski definition) is 0. The van der Waals surface area contributed by atoms with Crippen molar-refractivity contribution in [2.75, 3.05) is 33.4 Å². The van der Waals surface area contributed by atoms with E-state index in [2.05, 4.69) is 0 Å². The summed E-state index contributed by atoms with van der Waals surface area (Å²) in [6.07, 6.45) is -1.38. The number of hydrogen-bond acceptors (Lipinski definition) is 7. The second kappa shape index (κ2) is 8.82. The van der Waals surface area contributed by atoms with Crippen LogP contribution in [0.5, 0.6) is 0 Å². The summed E-state index contributed by atoms with van der Waals surface area (Å²) >= 11 is 0. The summed E-state index contributed by atoms with van der Waals surface area (Å²) < 4.78 is 19.9. The highest BCUT2D eigenvalue weighted by Crippen LogP contribution is 2.08. The van der Waals surface area contributed by atoms with E-state index in [4.69, 9.17) is 18.9 Å². The Morgan fingerprint density at radius 1 is 0.773 bits per heavy atom. The molecule has 0 N–H and O–H groups in total. The van der Waals surface area contributed by atoms with Crippen molar-refractivity contribution in [2.24, 2.45) is 0 Å². The highest BCUT2D eigenvalue weighted by atomic mass is 16.7. The minimum Gasteiger partial charge on any atom is -0.433 e. The zero-order valence-electron chi connectivity index (χ0n) is 14.7. The van der Waals surface area contributed by atoms with Crippen LogP contribution in [0.3, 0.4) is 0 Å². The predicted molar refractivity (Wildman–Crippen MR) is 81.9 cm³/mol. The maximum absolute atomic E-state index is 11.3. The van der Waals surface area contributed by atoms with Crippen molar-refractivity contribution in [3.63, 3.8) is 0 Å². The Labute approximate surface area is 132 Å². The molecule has 0 spiro atoms. The molecule has 0 atom stereocenters. The van der Waals surface area contributed by atoms with Gasteiger partial charge in [0, 0.05) is 13.1 Å². The Bertz CT molecular complexity index is 322. The Hall–Kier alpha value is -1.50. The second-order valence-electron chi connectivity index (χ2n) is 6.93. The summed E-state index contributed by atoms with van der Waals surface area (Å²) in [4.78, 5) is 24.5. The van der Waals surface area contributed by atoms with Crippen molar-refractivity contribution in [3.05, 3.63) is 0 Å². The first-order chi connectivity index (χ1) is 9.89. The zero-order chi connectivity index (χ0) is 17.4. The Morgan fingerprint density at radius 3 is 1.36 bits per heavy atom. The molecule has 0 unspecified atom stereocenters. The van der Waals surface area contributed by atoms with Gasteiger partial charge in [0.2, 0.25) is 0 Å². The van der Waals surface area contributed by atoms with E-state index in [1.165, 1.54) is 0 Å². The van der Waals surface area contributed by atoms with Gasteiger partial charge in [-0.25, -0.2) is 9.59 Å². The summed E-state index contributed by atoms with van der Waals surface area (Å²) in [6.45, 7) is 12.1. The van der Waals surface area contributed by atoms with Gasteiger partial charge in [-0.15, -0.1) is 0 Å². The van der Waals surface area contributed by atoms with Crippen LogP contribution in [0, 0.1) is 0 Å². The molecule has 130 valence electrons. The zero-order valence-corrected chi connectivity index (χ0v) is 14.7. The third kappa shape index (κ3) is 13.5. The van der Waals surface area contributed by atoms with Gasteiger partial charge in [-0.05, 0) is 48.6 Å². The molecule has 0 aliphatic carbocycles. The molecule has 0 bridgehead atoms. The summed E-state index contributed by atoms with van der Waals surface area (Å²) in [5, 5.41) is 0. The smallest absolute Gasteiger partial charge is 0.433 e. The highest BCUT2D eigenvalue weighted by Gasteiger charge is 2.18. The molecule has 0 aromatic rings. The van der Waals surface area contributed by atoms with Gasteiger partial charge >= 0.3 is 12.3 Å². The van der Waals surface area contributed by atoms with E-state index in [0.29, 0.717) is 13.1 Å². The number of nitrogens with zero attached hydrogens (tertiary/aromatic N) is 1. The van der Waals surface area contributed by atoms with Gasteiger partial charge in [0.25, 0.3) is 0 Å². The van der Waals surface area contributed by atoms with Gasteiger partial charge in [-0.2, -0.15) is 0 Å². The molecule has 0 heterocycles. The van der Waals surface area contributed by atoms with Gasteiger partial charge in [-0.3, -0.25) is 4.90 Å². The van der Waals surface area contributed by atoms with E-state index in [0.717, 1.165) is 0 Å². The molecule has 0 aliphatic heterocycles. The minimum absolute atomic E-state index is 0.206. The normalized spacial score (nSPS) is 12.0. The fraction of sp³-hybridized carbons (Fsp3) is 0.867. The van der Waals surface area contributed by atoms with E-state index >= 15 is 0 Å². The van der Waals surface area contributed by atoms with Crippen LogP contribution < -0.4 is 0 Å². The number of ether oxygens (including phenoxy) is 4. The number of carbonyl (C=O) groups excluding carboxylic acids is 2. The van der Waals surface area contributed by atoms with Crippen molar-refractivity contribution in [1.29, 1.82) is 0 Å². The molecular weight excluding hydrogens is 290 g/mol. The molecule has 0 amide bonds. The molecule has 7 heteroatoms. The van der Waals surface area contributed by atoms with Crippen LogP contribution in [-0.2, 0) is 18.9 Å². The number of rotatable bonds is 6. The summed E-state index contributed by atoms with van der Waals surface area (Å²) in [7, 11) is 1.83. The fourth-order valence-electron chi connectivity index (χ4n) is 1.24. The quantitative estimate of drug-likeness (QED) is 0.697. The van der Waals surface area contributed by atoms with Gasteiger partial charge in [-0.1, -0.05) is 0 Å². The molecule has 0 saturated heterocycles. The average molecular weight is 319 g/mol. The molecule has 0 fully saturated rings. The minimum atomic E-state index is -0.689.